The molecule has 0 radical (unpaired) electrons. The van der Waals surface area contributed by atoms with E-state index in [1.807, 2.05) is 18.2 Å². The van der Waals surface area contributed by atoms with E-state index in [4.69, 9.17) is 0 Å². The first-order valence-corrected chi connectivity index (χ1v) is 5.13. The van der Waals surface area contributed by atoms with Crippen LogP contribution >= 0.6 is 0 Å². The van der Waals surface area contributed by atoms with Crippen molar-refractivity contribution in [2.75, 3.05) is 0 Å². The third-order valence-corrected chi connectivity index (χ3v) is 2.68. The average molecular weight is 189 g/mol. The summed E-state index contributed by atoms with van der Waals surface area (Å²) in [5.41, 5.74) is 1.28. The smallest absolute Gasteiger partial charge is 0.134 e. The van der Waals surface area contributed by atoms with E-state index in [-0.39, 0.29) is 0 Å². The number of benzene rings is 1. The maximum absolute atomic E-state index is 11.0. The van der Waals surface area contributed by atoms with Crippen molar-refractivity contribution in [2.24, 2.45) is 0 Å². The van der Waals surface area contributed by atoms with Gasteiger partial charge in [-0.05, 0) is 12.0 Å². The number of carbonyl (C=O) groups is 1. The van der Waals surface area contributed by atoms with Crippen LogP contribution in [0.2, 0.25) is 0 Å². The molecule has 1 atom stereocenters. The van der Waals surface area contributed by atoms with E-state index in [9.17, 15) is 4.79 Å². The first-order valence-electron chi connectivity index (χ1n) is 5.13. The topological polar surface area (TPSA) is 29.1 Å². The van der Waals surface area contributed by atoms with Crippen LogP contribution < -0.4 is 5.32 Å². The Morgan fingerprint density at radius 1 is 1.29 bits per heavy atom. The van der Waals surface area contributed by atoms with Crippen molar-refractivity contribution in [3.63, 3.8) is 0 Å². The molecule has 1 aromatic carbocycles. The molecule has 2 rings (SSSR count). The van der Waals surface area contributed by atoms with Crippen molar-refractivity contribution in [3.05, 3.63) is 35.9 Å². The molecule has 1 aliphatic rings. The molecule has 0 bridgehead atoms. The van der Waals surface area contributed by atoms with Crippen molar-refractivity contribution in [2.45, 2.75) is 31.8 Å². The fourth-order valence-corrected chi connectivity index (χ4v) is 1.85. The van der Waals surface area contributed by atoms with E-state index in [1.54, 1.807) is 0 Å². The third kappa shape index (κ3) is 2.42. The van der Waals surface area contributed by atoms with Crippen LogP contribution in [0.1, 0.15) is 24.8 Å². The maximum atomic E-state index is 11.0. The zero-order valence-corrected chi connectivity index (χ0v) is 8.20. The second-order valence-electron chi connectivity index (χ2n) is 3.84. The van der Waals surface area contributed by atoms with E-state index in [2.05, 4.69) is 17.4 Å². The van der Waals surface area contributed by atoms with Crippen molar-refractivity contribution < 1.29 is 4.79 Å². The second kappa shape index (κ2) is 4.38. The SMILES string of the molecule is O=C1CCC(NCc2ccccc2)C1. The van der Waals surface area contributed by atoms with Gasteiger partial charge in [-0.15, -0.1) is 0 Å². The van der Waals surface area contributed by atoms with Gasteiger partial charge < -0.3 is 5.32 Å². The van der Waals surface area contributed by atoms with Gasteiger partial charge in [-0.1, -0.05) is 30.3 Å². The van der Waals surface area contributed by atoms with Gasteiger partial charge in [0.15, 0.2) is 0 Å². The Labute approximate surface area is 84.3 Å². The number of carbonyl (C=O) groups excluding carboxylic acids is 1. The largest absolute Gasteiger partial charge is 0.309 e. The number of ketones is 1. The highest BCUT2D eigenvalue weighted by Gasteiger charge is 2.20. The fraction of sp³-hybridized carbons (Fsp3) is 0.417. The highest BCUT2D eigenvalue weighted by Crippen LogP contribution is 2.14. The number of rotatable bonds is 3. The summed E-state index contributed by atoms with van der Waals surface area (Å²) in [7, 11) is 0. The summed E-state index contributed by atoms with van der Waals surface area (Å²) in [4.78, 5) is 11.0. The zero-order valence-electron chi connectivity index (χ0n) is 8.20. The fourth-order valence-electron chi connectivity index (χ4n) is 1.85. The van der Waals surface area contributed by atoms with E-state index >= 15 is 0 Å². The lowest BCUT2D eigenvalue weighted by Gasteiger charge is -2.10. The summed E-state index contributed by atoms with van der Waals surface area (Å²) in [5.74, 6) is 0.399. The van der Waals surface area contributed by atoms with Crippen LogP contribution in [-0.2, 0) is 11.3 Å². The lowest BCUT2D eigenvalue weighted by Crippen LogP contribution is -2.25. The van der Waals surface area contributed by atoms with Crippen LogP contribution in [0, 0.1) is 0 Å². The molecule has 0 aliphatic heterocycles. The molecule has 0 heterocycles. The molecule has 2 nitrogen and oxygen atoms in total. The minimum Gasteiger partial charge on any atom is -0.309 e. The highest BCUT2D eigenvalue weighted by molar-refractivity contribution is 5.81. The third-order valence-electron chi connectivity index (χ3n) is 2.68. The minimum absolute atomic E-state index is 0.399. The molecule has 0 amide bonds. The number of Topliss-reactive ketones (excluding diaryl/α,β-unsaturated/α-hetero) is 1. The van der Waals surface area contributed by atoms with Crippen LogP contribution in [0.3, 0.4) is 0 Å². The average Bonchev–Trinajstić information content (AvgIpc) is 2.63. The molecule has 1 fully saturated rings. The molecule has 1 N–H and O–H groups in total. The van der Waals surface area contributed by atoms with Gasteiger partial charge in [-0.3, -0.25) is 4.79 Å². The Morgan fingerprint density at radius 3 is 2.71 bits per heavy atom. The maximum Gasteiger partial charge on any atom is 0.134 e. The molecule has 0 saturated heterocycles. The standard InChI is InChI=1S/C12H15NO/c14-12-7-6-11(8-12)13-9-10-4-2-1-3-5-10/h1-5,11,13H,6-9H2. The molecule has 1 saturated carbocycles. The van der Waals surface area contributed by atoms with Gasteiger partial charge in [0.1, 0.15) is 5.78 Å². The molecule has 1 aromatic rings. The normalized spacial score (nSPS) is 21.4. The summed E-state index contributed by atoms with van der Waals surface area (Å²) in [6, 6.07) is 10.7. The van der Waals surface area contributed by atoms with E-state index in [1.165, 1.54) is 5.56 Å². The van der Waals surface area contributed by atoms with Crippen molar-refractivity contribution >= 4 is 5.78 Å². The van der Waals surface area contributed by atoms with Crippen LogP contribution in [0.15, 0.2) is 30.3 Å². The summed E-state index contributed by atoms with van der Waals surface area (Å²) < 4.78 is 0. The van der Waals surface area contributed by atoms with Crippen molar-refractivity contribution in [3.8, 4) is 0 Å². The van der Waals surface area contributed by atoms with Crippen LogP contribution in [0.4, 0.5) is 0 Å². The molecule has 0 aromatic heterocycles. The molecule has 14 heavy (non-hydrogen) atoms. The van der Waals surface area contributed by atoms with Crippen molar-refractivity contribution in [1.82, 2.24) is 5.32 Å². The first-order chi connectivity index (χ1) is 6.84. The lowest BCUT2D eigenvalue weighted by molar-refractivity contribution is -0.117. The van der Waals surface area contributed by atoms with Gasteiger partial charge in [0.25, 0.3) is 0 Å². The minimum atomic E-state index is 0.399. The van der Waals surface area contributed by atoms with Gasteiger partial charge >= 0.3 is 0 Å². The Balaban J connectivity index is 1.80. The summed E-state index contributed by atoms with van der Waals surface area (Å²) in [5, 5.41) is 3.41. The number of nitrogens with one attached hydrogen (secondary N) is 1. The quantitative estimate of drug-likeness (QED) is 0.786. The lowest BCUT2D eigenvalue weighted by atomic mass is 10.2. The monoisotopic (exact) mass is 189 g/mol. The van der Waals surface area contributed by atoms with Crippen LogP contribution in [0.25, 0.3) is 0 Å². The molecule has 74 valence electrons. The summed E-state index contributed by atoms with van der Waals surface area (Å²) in [6.45, 7) is 0.874. The predicted octanol–water partition coefficient (Wildman–Crippen LogP) is 1.90. The van der Waals surface area contributed by atoms with Crippen LogP contribution in [0.5, 0.6) is 0 Å². The number of hydrogen-bond donors (Lipinski definition) is 1. The van der Waals surface area contributed by atoms with E-state index in [0.29, 0.717) is 18.2 Å². The molecular formula is C12H15NO. The first kappa shape index (κ1) is 9.41. The molecule has 1 aliphatic carbocycles. The zero-order chi connectivity index (χ0) is 9.80. The molecular weight excluding hydrogens is 174 g/mol. The predicted molar refractivity (Wildman–Crippen MR) is 55.9 cm³/mol. The Kier molecular flexibility index (Phi) is 2.94. The van der Waals surface area contributed by atoms with Gasteiger partial charge in [0.2, 0.25) is 0 Å². The number of hydrogen-bond acceptors (Lipinski definition) is 2. The Morgan fingerprint density at radius 2 is 2.07 bits per heavy atom. The highest BCUT2D eigenvalue weighted by atomic mass is 16.1. The summed E-state index contributed by atoms with van der Waals surface area (Å²) >= 11 is 0. The Bertz CT molecular complexity index is 307. The van der Waals surface area contributed by atoms with Crippen LogP contribution in [-0.4, -0.2) is 11.8 Å². The van der Waals surface area contributed by atoms with Gasteiger partial charge in [-0.2, -0.15) is 0 Å². The van der Waals surface area contributed by atoms with Gasteiger partial charge in [0, 0.05) is 25.4 Å². The second-order valence-corrected chi connectivity index (χ2v) is 3.84. The molecule has 1 unspecified atom stereocenters. The summed E-state index contributed by atoms with van der Waals surface area (Å²) in [6.07, 6.45) is 2.48. The van der Waals surface area contributed by atoms with Gasteiger partial charge in [0.05, 0.1) is 0 Å². The van der Waals surface area contributed by atoms with E-state index < -0.39 is 0 Å². The molecule has 2 heteroatoms. The van der Waals surface area contributed by atoms with E-state index in [0.717, 1.165) is 19.4 Å². The van der Waals surface area contributed by atoms with Gasteiger partial charge in [-0.25, -0.2) is 0 Å². The molecule has 0 spiro atoms. The Hall–Kier alpha value is -1.15. The van der Waals surface area contributed by atoms with Crippen molar-refractivity contribution in [1.29, 1.82) is 0 Å².